The molecule has 2 atom stereocenters. The molecule has 0 bridgehead atoms. The largest absolute Gasteiger partial charge is 0.390 e. The highest BCUT2D eigenvalue weighted by Crippen LogP contribution is 2.46. The Morgan fingerprint density at radius 3 is 2.74 bits per heavy atom. The fraction of sp³-hybridized carbons (Fsp3) is 0.812. The average molecular weight is 264 g/mol. The summed E-state index contributed by atoms with van der Waals surface area (Å²) in [7, 11) is 1.94. The van der Waals surface area contributed by atoms with Crippen LogP contribution in [0.4, 0.5) is 0 Å². The number of rotatable bonds is 3. The third kappa shape index (κ3) is 3.38. The van der Waals surface area contributed by atoms with Crippen LogP contribution in [0.15, 0.2) is 12.4 Å². The van der Waals surface area contributed by atoms with Crippen molar-refractivity contribution in [2.45, 2.75) is 64.9 Å². The molecule has 1 fully saturated rings. The van der Waals surface area contributed by atoms with E-state index in [2.05, 4.69) is 32.1 Å². The Balaban J connectivity index is 2.06. The van der Waals surface area contributed by atoms with Crippen LogP contribution in [0.1, 0.15) is 58.4 Å². The number of nitrogens with zero attached hydrogens (tertiary/aromatic N) is 2. The summed E-state index contributed by atoms with van der Waals surface area (Å²) < 4.78 is 1.83. The van der Waals surface area contributed by atoms with Crippen LogP contribution in [-0.4, -0.2) is 20.5 Å². The second kappa shape index (κ2) is 5.28. The standard InChI is InChI=1S/C16H28N2O/c1-15(2,3)14-7-5-6-9-16(14,19)10-8-13-11-17-18(4)12-13/h11-12,14,19H,5-10H2,1-4H3. The first kappa shape index (κ1) is 14.6. The van der Waals surface area contributed by atoms with E-state index in [4.69, 9.17) is 0 Å². The molecule has 0 saturated heterocycles. The van der Waals surface area contributed by atoms with Gasteiger partial charge in [0.2, 0.25) is 0 Å². The molecule has 3 nitrogen and oxygen atoms in total. The topological polar surface area (TPSA) is 38.0 Å². The van der Waals surface area contributed by atoms with Gasteiger partial charge in [-0.3, -0.25) is 4.68 Å². The summed E-state index contributed by atoms with van der Waals surface area (Å²) in [6.07, 6.45) is 10.3. The monoisotopic (exact) mass is 264 g/mol. The van der Waals surface area contributed by atoms with E-state index in [0.29, 0.717) is 5.92 Å². The Kier molecular flexibility index (Phi) is 4.05. The maximum absolute atomic E-state index is 11.1. The first-order valence-electron chi connectivity index (χ1n) is 7.51. The van der Waals surface area contributed by atoms with E-state index in [1.165, 1.54) is 12.0 Å². The summed E-state index contributed by atoms with van der Waals surface area (Å²) >= 11 is 0. The van der Waals surface area contributed by atoms with Crippen LogP contribution in [0.25, 0.3) is 0 Å². The van der Waals surface area contributed by atoms with E-state index < -0.39 is 5.60 Å². The van der Waals surface area contributed by atoms with E-state index in [1.54, 1.807) is 0 Å². The van der Waals surface area contributed by atoms with Crippen molar-refractivity contribution in [1.29, 1.82) is 0 Å². The van der Waals surface area contributed by atoms with Gasteiger partial charge in [0.15, 0.2) is 0 Å². The minimum Gasteiger partial charge on any atom is -0.390 e. The number of aliphatic hydroxyl groups is 1. The van der Waals surface area contributed by atoms with Gasteiger partial charge in [-0.05, 0) is 42.6 Å². The molecule has 0 aliphatic heterocycles. The fourth-order valence-electron chi connectivity index (χ4n) is 3.72. The zero-order valence-electron chi connectivity index (χ0n) is 12.8. The average Bonchev–Trinajstić information content (AvgIpc) is 2.72. The molecule has 1 N–H and O–H groups in total. The maximum atomic E-state index is 11.1. The van der Waals surface area contributed by atoms with Gasteiger partial charge in [-0.1, -0.05) is 33.6 Å². The third-order valence-electron chi connectivity index (χ3n) is 4.65. The second-order valence-corrected chi connectivity index (χ2v) is 7.29. The van der Waals surface area contributed by atoms with Crippen molar-refractivity contribution in [2.24, 2.45) is 18.4 Å². The molecule has 2 rings (SSSR count). The van der Waals surface area contributed by atoms with Gasteiger partial charge in [0.25, 0.3) is 0 Å². The molecular formula is C16H28N2O. The maximum Gasteiger partial charge on any atom is 0.0684 e. The molecule has 1 saturated carbocycles. The molecule has 0 aromatic carbocycles. The molecule has 108 valence electrons. The number of hydrogen-bond acceptors (Lipinski definition) is 2. The summed E-state index contributed by atoms with van der Waals surface area (Å²) in [5, 5.41) is 15.3. The van der Waals surface area contributed by atoms with Crippen LogP contribution < -0.4 is 0 Å². The minimum absolute atomic E-state index is 0.185. The molecule has 1 aliphatic carbocycles. The van der Waals surface area contributed by atoms with E-state index in [-0.39, 0.29) is 5.41 Å². The number of aryl methyl sites for hydroxylation is 2. The second-order valence-electron chi connectivity index (χ2n) is 7.29. The highest BCUT2D eigenvalue weighted by atomic mass is 16.3. The van der Waals surface area contributed by atoms with E-state index in [9.17, 15) is 5.11 Å². The fourth-order valence-corrected chi connectivity index (χ4v) is 3.72. The summed E-state index contributed by atoms with van der Waals surface area (Å²) in [4.78, 5) is 0. The Labute approximate surface area is 117 Å². The van der Waals surface area contributed by atoms with Gasteiger partial charge < -0.3 is 5.11 Å². The first-order valence-corrected chi connectivity index (χ1v) is 7.51. The van der Waals surface area contributed by atoms with Gasteiger partial charge in [0.1, 0.15) is 0 Å². The molecule has 1 aromatic rings. The summed E-state index contributed by atoms with van der Waals surface area (Å²) in [6.45, 7) is 6.79. The third-order valence-corrected chi connectivity index (χ3v) is 4.65. The Morgan fingerprint density at radius 2 is 2.16 bits per heavy atom. The lowest BCUT2D eigenvalue weighted by atomic mass is 9.62. The van der Waals surface area contributed by atoms with Gasteiger partial charge in [-0.15, -0.1) is 0 Å². The lowest BCUT2D eigenvalue weighted by Crippen LogP contribution is -2.47. The molecule has 1 aromatic heterocycles. The number of hydrogen-bond donors (Lipinski definition) is 1. The van der Waals surface area contributed by atoms with E-state index in [0.717, 1.165) is 32.1 Å². The molecule has 3 heteroatoms. The normalized spacial score (nSPS) is 28.6. The van der Waals surface area contributed by atoms with Crippen molar-refractivity contribution in [3.63, 3.8) is 0 Å². The van der Waals surface area contributed by atoms with Crippen LogP contribution in [0.2, 0.25) is 0 Å². The lowest BCUT2D eigenvalue weighted by Gasteiger charge is -2.47. The molecule has 19 heavy (non-hydrogen) atoms. The molecule has 1 aliphatic rings. The van der Waals surface area contributed by atoms with Crippen molar-refractivity contribution < 1.29 is 5.11 Å². The van der Waals surface area contributed by atoms with Crippen molar-refractivity contribution in [1.82, 2.24) is 9.78 Å². The summed E-state index contributed by atoms with van der Waals surface area (Å²) in [6, 6.07) is 0. The van der Waals surface area contributed by atoms with Crippen molar-refractivity contribution in [3.05, 3.63) is 18.0 Å². The van der Waals surface area contributed by atoms with Gasteiger partial charge in [-0.25, -0.2) is 0 Å². The Bertz CT molecular complexity index is 419. The van der Waals surface area contributed by atoms with Crippen molar-refractivity contribution >= 4 is 0 Å². The molecule has 0 radical (unpaired) electrons. The van der Waals surface area contributed by atoms with Gasteiger partial charge in [0.05, 0.1) is 11.8 Å². The van der Waals surface area contributed by atoms with Crippen molar-refractivity contribution in [2.75, 3.05) is 0 Å². The molecule has 0 amide bonds. The Hall–Kier alpha value is -0.830. The molecule has 2 unspecified atom stereocenters. The SMILES string of the molecule is Cn1cc(CCC2(O)CCCCC2C(C)(C)C)cn1. The zero-order valence-corrected chi connectivity index (χ0v) is 12.8. The van der Waals surface area contributed by atoms with Crippen LogP contribution in [0.5, 0.6) is 0 Å². The Morgan fingerprint density at radius 1 is 1.42 bits per heavy atom. The first-order chi connectivity index (χ1) is 8.81. The van der Waals surface area contributed by atoms with E-state index >= 15 is 0 Å². The smallest absolute Gasteiger partial charge is 0.0684 e. The highest BCUT2D eigenvalue weighted by Gasteiger charge is 2.44. The molecule has 1 heterocycles. The van der Waals surface area contributed by atoms with Gasteiger partial charge >= 0.3 is 0 Å². The van der Waals surface area contributed by atoms with Crippen LogP contribution in [0.3, 0.4) is 0 Å². The van der Waals surface area contributed by atoms with Crippen LogP contribution in [-0.2, 0) is 13.5 Å². The van der Waals surface area contributed by atoms with Crippen LogP contribution >= 0.6 is 0 Å². The quantitative estimate of drug-likeness (QED) is 0.909. The highest BCUT2D eigenvalue weighted by molar-refractivity contribution is 5.06. The zero-order chi connectivity index (χ0) is 14.1. The van der Waals surface area contributed by atoms with Crippen molar-refractivity contribution in [3.8, 4) is 0 Å². The predicted molar refractivity (Wildman–Crippen MR) is 77.9 cm³/mol. The predicted octanol–water partition coefficient (Wildman–Crippen LogP) is 3.32. The summed E-state index contributed by atoms with van der Waals surface area (Å²) in [5.74, 6) is 0.408. The van der Waals surface area contributed by atoms with E-state index in [1.807, 2.05) is 17.9 Å². The lowest BCUT2D eigenvalue weighted by molar-refractivity contribution is -0.0945. The molecule has 0 spiro atoms. The number of aromatic nitrogens is 2. The van der Waals surface area contributed by atoms with Gasteiger partial charge in [-0.2, -0.15) is 5.10 Å². The van der Waals surface area contributed by atoms with Crippen LogP contribution in [0, 0.1) is 11.3 Å². The van der Waals surface area contributed by atoms with Gasteiger partial charge in [0, 0.05) is 13.2 Å². The minimum atomic E-state index is -0.494. The molecular weight excluding hydrogens is 236 g/mol. The summed E-state index contributed by atoms with van der Waals surface area (Å²) in [5.41, 5.74) is 0.922.